The summed E-state index contributed by atoms with van der Waals surface area (Å²) in [5.41, 5.74) is 1.08. The van der Waals surface area contributed by atoms with Crippen LogP contribution in [0, 0.1) is 0 Å². The molecule has 20 heavy (non-hydrogen) atoms. The monoisotopic (exact) mass is 297 g/mol. The third kappa shape index (κ3) is 4.91. The Morgan fingerprint density at radius 2 is 1.95 bits per heavy atom. The summed E-state index contributed by atoms with van der Waals surface area (Å²) in [5, 5.41) is 3.49. The van der Waals surface area contributed by atoms with Crippen molar-refractivity contribution in [3.8, 4) is 5.75 Å². The number of benzene rings is 1. The van der Waals surface area contributed by atoms with E-state index in [4.69, 9.17) is 4.74 Å². The van der Waals surface area contributed by atoms with Crippen LogP contribution >= 0.6 is 0 Å². The molecule has 1 aromatic rings. The van der Waals surface area contributed by atoms with E-state index in [1.54, 1.807) is 7.11 Å². The Bertz CT molecular complexity index is 440. The second-order valence-corrected chi connectivity index (χ2v) is 8.12. The summed E-state index contributed by atoms with van der Waals surface area (Å²) in [6.07, 6.45) is 1.05. The van der Waals surface area contributed by atoms with Gasteiger partial charge in [0.2, 0.25) is 0 Å². The van der Waals surface area contributed by atoms with Gasteiger partial charge < -0.3 is 10.1 Å². The maximum absolute atomic E-state index is 12.4. The highest BCUT2D eigenvalue weighted by Crippen LogP contribution is 2.27. The third-order valence-corrected chi connectivity index (χ3v) is 5.16. The van der Waals surface area contributed by atoms with Gasteiger partial charge in [-0.15, -0.1) is 0 Å². The van der Waals surface area contributed by atoms with Crippen LogP contribution in [0.2, 0.25) is 0 Å². The van der Waals surface area contributed by atoms with Gasteiger partial charge in [0, 0.05) is 32.9 Å². The summed E-state index contributed by atoms with van der Waals surface area (Å²) in [4.78, 5) is 0. The second kappa shape index (κ2) is 7.79. The van der Waals surface area contributed by atoms with Gasteiger partial charge in [-0.25, -0.2) is 0 Å². The molecule has 114 valence electrons. The first-order valence-corrected chi connectivity index (χ1v) is 8.46. The lowest BCUT2D eigenvalue weighted by Gasteiger charge is -2.25. The minimum absolute atomic E-state index is 0.0613. The van der Waals surface area contributed by atoms with Crippen LogP contribution < -0.4 is 10.1 Å². The highest BCUT2D eigenvalue weighted by atomic mass is 32.2. The maximum atomic E-state index is 12.4. The van der Waals surface area contributed by atoms with E-state index in [9.17, 15) is 4.21 Å². The van der Waals surface area contributed by atoms with Crippen LogP contribution in [0.4, 0.5) is 0 Å². The number of nitrogens with one attached hydrogen (secondary N) is 1. The standard InChI is InChI=1S/C16H27NO2S/c1-6-11-17-14(12-20(18)16(2,3)4)13-9-7-8-10-15(13)19-5/h7-10,14,17H,6,11-12H2,1-5H3. The molecule has 1 rings (SSSR count). The number of para-hydroxylation sites is 1. The Hall–Kier alpha value is -0.870. The van der Waals surface area contributed by atoms with Gasteiger partial charge in [0.25, 0.3) is 0 Å². The van der Waals surface area contributed by atoms with E-state index < -0.39 is 10.8 Å². The largest absolute Gasteiger partial charge is 0.496 e. The second-order valence-electron chi connectivity index (χ2n) is 5.87. The SMILES string of the molecule is CCCNC(CS(=O)C(C)(C)C)c1ccccc1OC. The van der Waals surface area contributed by atoms with E-state index in [-0.39, 0.29) is 10.8 Å². The van der Waals surface area contributed by atoms with Crippen molar-refractivity contribution in [1.82, 2.24) is 5.32 Å². The summed E-state index contributed by atoms with van der Waals surface area (Å²) in [6, 6.07) is 8.02. The van der Waals surface area contributed by atoms with Crippen molar-refractivity contribution < 1.29 is 8.95 Å². The summed E-state index contributed by atoms with van der Waals surface area (Å²) in [5.74, 6) is 1.45. The predicted octanol–water partition coefficient (Wildman–Crippen LogP) is 3.28. The van der Waals surface area contributed by atoms with Crippen LogP contribution in [0.15, 0.2) is 24.3 Å². The average molecular weight is 297 g/mol. The Labute approximate surface area is 125 Å². The van der Waals surface area contributed by atoms with E-state index in [1.807, 2.05) is 45.0 Å². The number of hydrogen-bond acceptors (Lipinski definition) is 3. The molecule has 0 radical (unpaired) electrons. The zero-order chi connectivity index (χ0) is 15.2. The Kier molecular flexibility index (Phi) is 6.69. The van der Waals surface area contributed by atoms with E-state index in [2.05, 4.69) is 12.2 Å². The summed E-state index contributed by atoms with van der Waals surface area (Å²) in [6.45, 7) is 9.09. The normalized spacial score (nSPS) is 14.8. The maximum Gasteiger partial charge on any atom is 0.123 e. The number of ether oxygens (including phenoxy) is 1. The number of rotatable bonds is 7. The van der Waals surface area contributed by atoms with Crippen LogP contribution in [0.5, 0.6) is 5.75 Å². The van der Waals surface area contributed by atoms with Gasteiger partial charge in [-0.05, 0) is 39.8 Å². The first-order valence-electron chi connectivity index (χ1n) is 7.15. The van der Waals surface area contributed by atoms with E-state index in [1.165, 1.54) is 0 Å². The van der Waals surface area contributed by atoms with Crippen LogP contribution in [-0.2, 0) is 10.8 Å². The quantitative estimate of drug-likeness (QED) is 0.839. The molecule has 0 aliphatic rings. The molecule has 1 aromatic carbocycles. The molecule has 0 bridgehead atoms. The molecular weight excluding hydrogens is 270 g/mol. The third-order valence-electron chi connectivity index (χ3n) is 3.16. The fourth-order valence-electron chi connectivity index (χ4n) is 1.93. The van der Waals surface area contributed by atoms with E-state index in [0.29, 0.717) is 5.75 Å². The number of hydrogen-bond donors (Lipinski definition) is 1. The highest BCUT2D eigenvalue weighted by Gasteiger charge is 2.25. The first kappa shape index (κ1) is 17.2. The molecule has 0 aliphatic carbocycles. The zero-order valence-corrected chi connectivity index (χ0v) is 14.0. The van der Waals surface area contributed by atoms with Gasteiger partial charge in [-0.3, -0.25) is 4.21 Å². The van der Waals surface area contributed by atoms with Crippen LogP contribution in [-0.4, -0.2) is 28.4 Å². The molecular formula is C16H27NO2S. The Balaban J connectivity index is 2.97. The molecule has 0 saturated carbocycles. The van der Waals surface area contributed by atoms with Crippen molar-refractivity contribution in [3.63, 3.8) is 0 Å². The Morgan fingerprint density at radius 1 is 1.30 bits per heavy atom. The lowest BCUT2D eigenvalue weighted by molar-refractivity contribution is 0.402. The van der Waals surface area contributed by atoms with Gasteiger partial charge in [-0.2, -0.15) is 0 Å². The van der Waals surface area contributed by atoms with Gasteiger partial charge in [0.15, 0.2) is 0 Å². The molecule has 2 atom stereocenters. The van der Waals surface area contributed by atoms with E-state index in [0.717, 1.165) is 24.3 Å². The first-order chi connectivity index (χ1) is 9.40. The summed E-state index contributed by atoms with van der Waals surface area (Å²) < 4.78 is 17.7. The van der Waals surface area contributed by atoms with Crippen molar-refractivity contribution in [3.05, 3.63) is 29.8 Å². The Morgan fingerprint density at radius 3 is 2.50 bits per heavy atom. The molecule has 3 nitrogen and oxygen atoms in total. The molecule has 0 aromatic heterocycles. The minimum atomic E-state index is -0.900. The minimum Gasteiger partial charge on any atom is -0.496 e. The average Bonchev–Trinajstić information content (AvgIpc) is 2.42. The molecule has 0 heterocycles. The van der Waals surface area contributed by atoms with Gasteiger partial charge in [0.05, 0.1) is 7.11 Å². The summed E-state index contributed by atoms with van der Waals surface area (Å²) >= 11 is 0. The van der Waals surface area contributed by atoms with E-state index >= 15 is 0 Å². The molecule has 2 unspecified atom stereocenters. The number of methoxy groups -OCH3 is 1. The van der Waals surface area contributed by atoms with Crippen molar-refractivity contribution in [2.75, 3.05) is 19.4 Å². The topological polar surface area (TPSA) is 38.3 Å². The molecule has 0 spiro atoms. The highest BCUT2D eigenvalue weighted by molar-refractivity contribution is 7.86. The molecule has 0 aliphatic heterocycles. The lowest BCUT2D eigenvalue weighted by Crippen LogP contribution is -2.33. The van der Waals surface area contributed by atoms with Crippen molar-refractivity contribution in [2.24, 2.45) is 0 Å². The van der Waals surface area contributed by atoms with Gasteiger partial charge in [0.1, 0.15) is 5.75 Å². The van der Waals surface area contributed by atoms with Crippen LogP contribution in [0.3, 0.4) is 0 Å². The molecule has 0 saturated heterocycles. The fourth-order valence-corrected chi connectivity index (χ4v) is 3.03. The van der Waals surface area contributed by atoms with Crippen molar-refractivity contribution >= 4 is 10.8 Å². The predicted molar refractivity (Wildman–Crippen MR) is 86.8 cm³/mol. The fraction of sp³-hybridized carbons (Fsp3) is 0.625. The smallest absolute Gasteiger partial charge is 0.123 e. The van der Waals surface area contributed by atoms with Gasteiger partial charge >= 0.3 is 0 Å². The summed E-state index contributed by atoms with van der Waals surface area (Å²) in [7, 11) is 0.777. The van der Waals surface area contributed by atoms with Gasteiger partial charge in [-0.1, -0.05) is 25.1 Å². The zero-order valence-electron chi connectivity index (χ0n) is 13.2. The molecule has 0 amide bonds. The van der Waals surface area contributed by atoms with Crippen molar-refractivity contribution in [1.29, 1.82) is 0 Å². The molecule has 1 N–H and O–H groups in total. The van der Waals surface area contributed by atoms with Crippen molar-refractivity contribution in [2.45, 2.75) is 44.9 Å². The molecule has 0 fully saturated rings. The van der Waals surface area contributed by atoms with Crippen LogP contribution in [0.25, 0.3) is 0 Å². The lowest BCUT2D eigenvalue weighted by atomic mass is 10.1. The van der Waals surface area contributed by atoms with Crippen LogP contribution in [0.1, 0.15) is 45.7 Å². The molecule has 4 heteroatoms.